The predicted molar refractivity (Wildman–Crippen MR) is 124 cm³/mol. The van der Waals surface area contributed by atoms with E-state index in [0.29, 0.717) is 21.9 Å². The lowest BCUT2D eigenvalue weighted by molar-refractivity contribution is -0.384. The Labute approximate surface area is 193 Å². The lowest BCUT2D eigenvalue weighted by Crippen LogP contribution is -2.16. The molecule has 10 heteroatoms. The highest BCUT2D eigenvalue weighted by Gasteiger charge is 2.23. The van der Waals surface area contributed by atoms with E-state index in [2.05, 4.69) is 5.32 Å². The Kier molecular flexibility index (Phi) is 7.05. The summed E-state index contributed by atoms with van der Waals surface area (Å²) in [5.74, 6) is -1.23. The third-order valence-electron chi connectivity index (χ3n) is 4.85. The molecule has 1 N–H and O–H groups in total. The maximum absolute atomic E-state index is 12.9. The van der Waals surface area contributed by atoms with Gasteiger partial charge in [0.1, 0.15) is 16.6 Å². The van der Waals surface area contributed by atoms with Gasteiger partial charge in [0.25, 0.3) is 11.6 Å². The van der Waals surface area contributed by atoms with Crippen LogP contribution in [0, 0.1) is 35.3 Å². The molecule has 168 valence electrons. The number of nitriles is 1. The number of esters is 1. The van der Waals surface area contributed by atoms with E-state index in [1.807, 2.05) is 13.0 Å². The van der Waals surface area contributed by atoms with Crippen molar-refractivity contribution in [2.75, 3.05) is 11.9 Å². The molecule has 1 aromatic carbocycles. The van der Waals surface area contributed by atoms with E-state index in [0.717, 1.165) is 4.88 Å². The molecular formula is C23H20N4O5S. The van der Waals surface area contributed by atoms with Crippen LogP contribution in [0.5, 0.6) is 0 Å². The Morgan fingerprint density at radius 2 is 2.06 bits per heavy atom. The van der Waals surface area contributed by atoms with E-state index in [1.54, 1.807) is 48.9 Å². The fraction of sp³-hybridized carbons (Fsp3) is 0.174. The maximum Gasteiger partial charge on any atom is 0.341 e. The Balaban J connectivity index is 1.94. The van der Waals surface area contributed by atoms with E-state index in [9.17, 15) is 25.0 Å². The summed E-state index contributed by atoms with van der Waals surface area (Å²) in [6, 6.07) is 11.3. The molecule has 3 aromatic rings. The number of anilines is 1. The van der Waals surface area contributed by atoms with Crippen molar-refractivity contribution >= 4 is 40.0 Å². The standard InChI is InChI=1S/C23H20N4O5S/c1-4-32-23(29)20-14(2)15(3)33-22(20)25-21(28)16(13-24)11-17-9-6-10-26(17)18-7-5-8-19(12-18)27(30)31/h5-12H,4H2,1-3H3,(H,25,28)/b16-11+. The van der Waals surface area contributed by atoms with Gasteiger partial charge in [-0.05, 0) is 50.6 Å². The van der Waals surface area contributed by atoms with Crippen LogP contribution in [-0.4, -0.2) is 28.0 Å². The van der Waals surface area contributed by atoms with Crippen LogP contribution in [0.25, 0.3) is 11.8 Å². The van der Waals surface area contributed by atoms with E-state index >= 15 is 0 Å². The summed E-state index contributed by atoms with van der Waals surface area (Å²) in [6.07, 6.45) is 3.05. The number of benzene rings is 1. The van der Waals surface area contributed by atoms with Gasteiger partial charge in [0.2, 0.25) is 0 Å². The SMILES string of the molecule is CCOC(=O)c1c(NC(=O)/C(C#N)=C/c2cccn2-c2cccc([N+](=O)[O-])c2)sc(C)c1C. The normalized spacial score (nSPS) is 11.0. The number of hydrogen-bond acceptors (Lipinski definition) is 7. The molecule has 1 amide bonds. The Bertz CT molecular complexity index is 1310. The minimum atomic E-state index is -0.684. The number of nitro benzene ring substituents is 1. The molecule has 0 bridgehead atoms. The molecular weight excluding hydrogens is 444 g/mol. The summed E-state index contributed by atoms with van der Waals surface area (Å²) >= 11 is 1.23. The molecule has 9 nitrogen and oxygen atoms in total. The first-order valence-electron chi connectivity index (χ1n) is 9.89. The molecule has 0 radical (unpaired) electrons. The fourth-order valence-corrected chi connectivity index (χ4v) is 4.18. The second-order valence-electron chi connectivity index (χ2n) is 6.91. The summed E-state index contributed by atoms with van der Waals surface area (Å²) in [4.78, 5) is 36.7. The minimum absolute atomic E-state index is 0.0793. The number of nitrogens with one attached hydrogen (secondary N) is 1. The first-order valence-corrected chi connectivity index (χ1v) is 10.7. The van der Waals surface area contributed by atoms with Crippen molar-refractivity contribution in [3.05, 3.63) is 80.0 Å². The van der Waals surface area contributed by atoms with Crippen LogP contribution < -0.4 is 5.32 Å². The quantitative estimate of drug-likeness (QED) is 0.176. The Hall–Kier alpha value is -4.23. The number of rotatable bonds is 7. The smallest absolute Gasteiger partial charge is 0.341 e. The van der Waals surface area contributed by atoms with Crippen LogP contribution in [0.1, 0.15) is 33.4 Å². The largest absolute Gasteiger partial charge is 0.462 e. The van der Waals surface area contributed by atoms with Crippen molar-refractivity contribution in [3.8, 4) is 11.8 Å². The highest BCUT2D eigenvalue weighted by molar-refractivity contribution is 7.16. The number of aromatic nitrogens is 1. The third-order valence-corrected chi connectivity index (χ3v) is 5.97. The molecule has 3 rings (SSSR count). The maximum atomic E-state index is 12.9. The van der Waals surface area contributed by atoms with Crippen molar-refractivity contribution < 1.29 is 19.2 Å². The van der Waals surface area contributed by atoms with Gasteiger partial charge in [-0.25, -0.2) is 4.79 Å². The first kappa shape index (κ1) is 23.4. The van der Waals surface area contributed by atoms with Gasteiger partial charge >= 0.3 is 5.97 Å². The summed E-state index contributed by atoms with van der Waals surface area (Å²) in [5, 5.41) is 23.7. The molecule has 2 heterocycles. The van der Waals surface area contributed by atoms with Gasteiger partial charge in [-0.15, -0.1) is 11.3 Å². The van der Waals surface area contributed by atoms with Crippen molar-refractivity contribution in [1.29, 1.82) is 5.26 Å². The minimum Gasteiger partial charge on any atom is -0.462 e. The molecule has 0 fully saturated rings. The molecule has 0 aliphatic heterocycles. The lowest BCUT2D eigenvalue weighted by atomic mass is 10.1. The second-order valence-corrected chi connectivity index (χ2v) is 8.14. The Morgan fingerprint density at radius 1 is 1.30 bits per heavy atom. The molecule has 0 saturated heterocycles. The summed E-state index contributed by atoms with van der Waals surface area (Å²) in [5.41, 5.74) is 1.68. The zero-order valence-corrected chi connectivity index (χ0v) is 18.9. The number of non-ortho nitro benzene ring substituents is 1. The van der Waals surface area contributed by atoms with Crippen LogP contribution in [0.4, 0.5) is 10.7 Å². The number of nitrogens with zero attached hydrogens (tertiary/aromatic N) is 3. The fourth-order valence-electron chi connectivity index (χ4n) is 3.13. The van der Waals surface area contributed by atoms with Crippen LogP contribution in [-0.2, 0) is 9.53 Å². The van der Waals surface area contributed by atoms with Crippen LogP contribution in [0.15, 0.2) is 48.2 Å². The number of carbonyl (C=O) groups excluding carboxylic acids is 2. The van der Waals surface area contributed by atoms with Gasteiger partial charge in [-0.3, -0.25) is 14.9 Å². The number of thiophene rings is 1. The number of carbonyl (C=O) groups is 2. The van der Waals surface area contributed by atoms with Gasteiger partial charge in [0.05, 0.1) is 22.8 Å². The molecule has 33 heavy (non-hydrogen) atoms. The van der Waals surface area contributed by atoms with Crippen molar-refractivity contribution in [3.63, 3.8) is 0 Å². The van der Waals surface area contributed by atoms with Crippen molar-refractivity contribution in [2.24, 2.45) is 0 Å². The summed E-state index contributed by atoms with van der Waals surface area (Å²) < 4.78 is 6.72. The van der Waals surface area contributed by atoms with Crippen LogP contribution in [0.2, 0.25) is 0 Å². The lowest BCUT2D eigenvalue weighted by Gasteiger charge is -2.08. The zero-order chi connectivity index (χ0) is 24.1. The number of hydrogen-bond donors (Lipinski definition) is 1. The molecule has 0 spiro atoms. The van der Waals surface area contributed by atoms with E-state index in [4.69, 9.17) is 4.74 Å². The molecule has 0 aliphatic carbocycles. The van der Waals surface area contributed by atoms with E-state index in [-0.39, 0.29) is 23.4 Å². The average molecular weight is 465 g/mol. The number of aryl methyl sites for hydroxylation is 1. The van der Waals surface area contributed by atoms with E-state index in [1.165, 1.54) is 29.5 Å². The average Bonchev–Trinajstić information content (AvgIpc) is 3.36. The topological polar surface area (TPSA) is 127 Å². The predicted octanol–water partition coefficient (Wildman–Crippen LogP) is 4.79. The second kappa shape index (κ2) is 9.93. The molecule has 2 aromatic heterocycles. The van der Waals surface area contributed by atoms with E-state index < -0.39 is 16.8 Å². The monoisotopic (exact) mass is 464 g/mol. The van der Waals surface area contributed by atoms with Crippen molar-refractivity contribution in [1.82, 2.24) is 4.57 Å². The van der Waals surface area contributed by atoms with Crippen LogP contribution in [0.3, 0.4) is 0 Å². The summed E-state index contributed by atoms with van der Waals surface area (Å²) in [7, 11) is 0. The third kappa shape index (κ3) is 4.99. The number of nitro groups is 1. The van der Waals surface area contributed by atoms with Gasteiger partial charge in [0.15, 0.2) is 0 Å². The van der Waals surface area contributed by atoms with Crippen LogP contribution >= 0.6 is 11.3 Å². The van der Waals surface area contributed by atoms with Gasteiger partial charge in [-0.1, -0.05) is 6.07 Å². The van der Waals surface area contributed by atoms with Gasteiger partial charge < -0.3 is 14.6 Å². The number of amides is 1. The summed E-state index contributed by atoms with van der Waals surface area (Å²) in [6.45, 7) is 5.47. The molecule has 0 aliphatic rings. The number of ether oxygens (including phenoxy) is 1. The molecule has 0 atom stereocenters. The van der Waals surface area contributed by atoms with Gasteiger partial charge in [-0.2, -0.15) is 5.26 Å². The highest BCUT2D eigenvalue weighted by Crippen LogP contribution is 2.33. The molecule has 0 unspecified atom stereocenters. The zero-order valence-electron chi connectivity index (χ0n) is 18.1. The molecule has 0 saturated carbocycles. The Morgan fingerprint density at radius 3 is 2.73 bits per heavy atom. The van der Waals surface area contributed by atoms with Gasteiger partial charge in [0, 0.05) is 28.9 Å². The first-order chi connectivity index (χ1) is 15.8. The highest BCUT2D eigenvalue weighted by atomic mass is 32.1. The van der Waals surface area contributed by atoms with Crippen molar-refractivity contribution in [2.45, 2.75) is 20.8 Å².